The molecule has 190 valence electrons. The summed E-state index contributed by atoms with van der Waals surface area (Å²) >= 11 is 0. The van der Waals surface area contributed by atoms with E-state index in [1.165, 1.54) is 5.56 Å². The summed E-state index contributed by atoms with van der Waals surface area (Å²) in [6.45, 7) is 8.74. The van der Waals surface area contributed by atoms with Crippen molar-refractivity contribution in [2.24, 2.45) is 11.3 Å². The van der Waals surface area contributed by atoms with Crippen molar-refractivity contribution in [1.82, 2.24) is 15.5 Å². The molecule has 1 atom stereocenters. The fraction of sp³-hybridized carbons (Fsp3) is 0.704. The first-order valence-corrected chi connectivity index (χ1v) is 12.9. The van der Waals surface area contributed by atoms with Crippen molar-refractivity contribution in [3.05, 3.63) is 29.8 Å². The topological polar surface area (TPSA) is 79.9 Å². The minimum absolute atomic E-state index is 0.0513. The molecule has 0 unspecified atom stereocenters. The number of benzene rings is 1. The van der Waals surface area contributed by atoms with Crippen LogP contribution in [0.2, 0.25) is 0 Å². The van der Waals surface area contributed by atoms with E-state index in [0.717, 1.165) is 63.9 Å². The van der Waals surface area contributed by atoms with Gasteiger partial charge in [-0.25, -0.2) is 0 Å². The number of nitrogens with zero attached hydrogens (tertiary/aromatic N) is 1. The molecule has 7 heteroatoms. The van der Waals surface area contributed by atoms with Crippen molar-refractivity contribution in [2.45, 2.75) is 71.4 Å². The highest BCUT2D eigenvalue weighted by Gasteiger charge is 2.42. The van der Waals surface area contributed by atoms with E-state index in [0.29, 0.717) is 32.1 Å². The zero-order valence-electron chi connectivity index (χ0n) is 21.2. The van der Waals surface area contributed by atoms with Gasteiger partial charge in [0.15, 0.2) is 0 Å². The van der Waals surface area contributed by atoms with E-state index in [1.54, 1.807) is 7.11 Å². The van der Waals surface area contributed by atoms with Gasteiger partial charge in [-0.3, -0.25) is 14.5 Å². The predicted molar refractivity (Wildman–Crippen MR) is 134 cm³/mol. The van der Waals surface area contributed by atoms with E-state index in [9.17, 15) is 9.59 Å². The number of amides is 2. The molecule has 0 radical (unpaired) electrons. The van der Waals surface area contributed by atoms with Gasteiger partial charge in [-0.05, 0) is 75.2 Å². The number of piperidine rings is 1. The molecule has 2 N–H and O–H groups in total. The minimum atomic E-state index is -0.481. The molecule has 2 heterocycles. The summed E-state index contributed by atoms with van der Waals surface area (Å²) in [5.41, 5.74) is 0.828. The van der Waals surface area contributed by atoms with Crippen LogP contribution in [-0.4, -0.2) is 62.7 Å². The van der Waals surface area contributed by atoms with Crippen molar-refractivity contribution >= 4 is 11.8 Å². The molecule has 0 aromatic heterocycles. The summed E-state index contributed by atoms with van der Waals surface area (Å²) in [6, 6.07) is 7.71. The molecule has 2 aliphatic rings. The Bertz CT molecular complexity index is 773. The SMILES string of the molecule is COc1ccc(CN2CCC3(CCCCOCCCNC(=O)[C@H](CC(C)C)NC3=O)CC2)cc1. The number of nitrogens with one attached hydrogen (secondary N) is 2. The molecule has 1 aromatic carbocycles. The Morgan fingerprint density at radius 1 is 1.06 bits per heavy atom. The zero-order valence-corrected chi connectivity index (χ0v) is 21.2. The number of rotatable bonds is 5. The molecule has 7 nitrogen and oxygen atoms in total. The normalized spacial score (nSPS) is 23.2. The fourth-order valence-electron chi connectivity index (χ4n) is 5.01. The molecule has 0 saturated carbocycles. The zero-order chi connectivity index (χ0) is 24.4. The Balaban J connectivity index is 1.68. The van der Waals surface area contributed by atoms with Crippen LogP contribution in [0.25, 0.3) is 0 Å². The van der Waals surface area contributed by atoms with Crippen LogP contribution >= 0.6 is 0 Å². The van der Waals surface area contributed by atoms with Crippen LogP contribution < -0.4 is 15.4 Å². The molecule has 2 aliphatic heterocycles. The summed E-state index contributed by atoms with van der Waals surface area (Å²) in [4.78, 5) is 29.0. The molecular formula is C27H43N3O4. The van der Waals surface area contributed by atoms with E-state index in [-0.39, 0.29) is 11.8 Å². The van der Waals surface area contributed by atoms with Gasteiger partial charge in [-0.15, -0.1) is 0 Å². The van der Waals surface area contributed by atoms with Gasteiger partial charge in [0.1, 0.15) is 11.8 Å². The molecule has 2 amide bonds. The van der Waals surface area contributed by atoms with E-state index in [2.05, 4.69) is 41.5 Å². The van der Waals surface area contributed by atoms with Crippen LogP contribution in [0.4, 0.5) is 0 Å². The lowest BCUT2D eigenvalue weighted by atomic mass is 9.73. The summed E-state index contributed by atoms with van der Waals surface area (Å²) in [5.74, 6) is 1.16. The fourth-order valence-corrected chi connectivity index (χ4v) is 5.01. The Hall–Kier alpha value is -2.12. The highest BCUT2D eigenvalue weighted by Crippen LogP contribution is 2.38. The number of carbonyl (C=O) groups excluding carboxylic acids is 2. The highest BCUT2D eigenvalue weighted by atomic mass is 16.5. The third-order valence-electron chi connectivity index (χ3n) is 7.15. The van der Waals surface area contributed by atoms with Gasteiger partial charge in [0.2, 0.25) is 11.8 Å². The summed E-state index contributed by atoms with van der Waals surface area (Å²) in [6.07, 6.45) is 5.83. The number of hydrogen-bond acceptors (Lipinski definition) is 5. The quantitative estimate of drug-likeness (QED) is 0.684. The third-order valence-corrected chi connectivity index (χ3v) is 7.15. The number of methoxy groups -OCH3 is 1. The lowest BCUT2D eigenvalue weighted by Gasteiger charge is -2.41. The van der Waals surface area contributed by atoms with Crippen LogP contribution in [0, 0.1) is 11.3 Å². The molecule has 1 aromatic rings. The second kappa shape index (κ2) is 13.1. The Kier molecular flexibility index (Phi) is 10.2. The van der Waals surface area contributed by atoms with Crippen molar-refractivity contribution in [1.29, 1.82) is 0 Å². The van der Waals surface area contributed by atoms with Crippen LogP contribution in [0.15, 0.2) is 24.3 Å². The first-order valence-electron chi connectivity index (χ1n) is 12.9. The van der Waals surface area contributed by atoms with Crippen LogP contribution in [0.1, 0.15) is 64.4 Å². The van der Waals surface area contributed by atoms with Crippen LogP contribution in [0.5, 0.6) is 5.75 Å². The number of carbonyl (C=O) groups is 2. The molecular weight excluding hydrogens is 430 g/mol. The summed E-state index contributed by atoms with van der Waals surface area (Å²) in [7, 11) is 1.68. The van der Waals surface area contributed by atoms with Gasteiger partial charge in [0, 0.05) is 26.3 Å². The smallest absolute Gasteiger partial charge is 0.242 e. The van der Waals surface area contributed by atoms with Gasteiger partial charge < -0.3 is 20.1 Å². The highest BCUT2D eigenvalue weighted by molar-refractivity contribution is 5.90. The molecule has 34 heavy (non-hydrogen) atoms. The minimum Gasteiger partial charge on any atom is -0.497 e. The van der Waals surface area contributed by atoms with Crippen molar-refractivity contribution < 1.29 is 19.1 Å². The van der Waals surface area contributed by atoms with Crippen LogP contribution in [-0.2, 0) is 20.9 Å². The maximum Gasteiger partial charge on any atom is 0.242 e. The van der Waals surface area contributed by atoms with E-state index < -0.39 is 11.5 Å². The summed E-state index contributed by atoms with van der Waals surface area (Å²) in [5, 5.41) is 6.17. The maximum absolute atomic E-state index is 13.7. The lowest BCUT2D eigenvalue weighted by molar-refractivity contribution is -0.138. The molecule has 0 aliphatic carbocycles. The summed E-state index contributed by atoms with van der Waals surface area (Å²) < 4.78 is 11.0. The van der Waals surface area contributed by atoms with Crippen molar-refractivity contribution in [2.75, 3.05) is 40.0 Å². The average Bonchev–Trinajstić information content (AvgIpc) is 2.83. The molecule has 0 bridgehead atoms. The largest absolute Gasteiger partial charge is 0.497 e. The molecule has 2 saturated heterocycles. The van der Waals surface area contributed by atoms with Gasteiger partial charge in [0.05, 0.1) is 12.5 Å². The van der Waals surface area contributed by atoms with Crippen molar-refractivity contribution in [3.8, 4) is 5.75 Å². The second-order valence-corrected chi connectivity index (χ2v) is 10.3. The number of likely N-dealkylation sites (tertiary alicyclic amines) is 1. The number of ether oxygens (including phenoxy) is 2. The monoisotopic (exact) mass is 473 g/mol. The van der Waals surface area contributed by atoms with Crippen molar-refractivity contribution in [3.63, 3.8) is 0 Å². The van der Waals surface area contributed by atoms with E-state index in [4.69, 9.17) is 9.47 Å². The average molecular weight is 474 g/mol. The first-order chi connectivity index (χ1) is 16.4. The third kappa shape index (κ3) is 7.70. The van der Waals surface area contributed by atoms with Gasteiger partial charge in [-0.2, -0.15) is 0 Å². The Morgan fingerprint density at radius 3 is 2.44 bits per heavy atom. The Morgan fingerprint density at radius 2 is 1.76 bits per heavy atom. The lowest BCUT2D eigenvalue weighted by Crippen LogP contribution is -2.55. The van der Waals surface area contributed by atoms with Crippen LogP contribution in [0.3, 0.4) is 0 Å². The molecule has 1 spiro atoms. The standard InChI is InChI=1S/C27H43N3O4/c1-21(2)19-24-25(31)28-14-6-18-34-17-5-4-11-27(26(32)29-24)12-15-30(16-13-27)20-22-7-9-23(33-3)10-8-22/h7-10,21,24H,4-6,11-20H2,1-3H3,(H,28,31)(H,29,32)/t24-/m0/s1. The predicted octanol–water partition coefficient (Wildman–Crippen LogP) is 3.52. The molecule has 3 rings (SSSR count). The number of hydrogen-bond donors (Lipinski definition) is 2. The first kappa shape index (κ1) is 26.5. The van der Waals surface area contributed by atoms with Gasteiger partial charge in [-0.1, -0.05) is 32.4 Å². The van der Waals surface area contributed by atoms with Gasteiger partial charge >= 0.3 is 0 Å². The maximum atomic E-state index is 13.7. The Labute approximate surface area is 204 Å². The van der Waals surface area contributed by atoms with E-state index in [1.807, 2.05) is 12.1 Å². The van der Waals surface area contributed by atoms with Gasteiger partial charge in [0.25, 0.3) is 0 Å². The second-order valence-electron chi connectivity index (χ2n) is 10.3. The van der Waals surface area contributed by atoms with E-state index >= 15 is 0 Å². The molecule has 2 fully saturated rings.